The molecule has 3 nitrogen and oxygen atoms in total. The van der Waals surface area contributed by atoms with Crippen molar-refractivity contribution in [1.29, 1.82) is 0 Å². The van der Waals surface area contributed by atoms with E-state index in [1.165, 1.54) is 36.2 Å². The van der Waals surface area contributed by atoms with E-state index in [-0.39, 0.29) is 0 Å². The van der Waals surface area contributed by atoms with Crippen LogP contribution in [0.15, 0.2) is 0 Å². The van der Waals surface area contributed by atoms with Crippen LogP contribution in [0.2, 0.25) is 0 Å². The third-order valence-corrected chi connectivity index (χ3v) is 5.07. The lowest BCUT2D eigenvalue weighted by atomic mass is 9.79. The quantitative estimate of drug-likeness (QED) is 0.901. The molecule has 0 saturated heterocycles. The first kappa shape index (κ1) is 15.6. The standard InChI is InChI=1S/C17H31N3/c1-7-20-15(6)17(14(5)19-20)13(4)18-16-9-8-11(2)10-12(16)3/h11-13,16,18H,7-10H2,1-6H3. The molecule has 114 valence electrons. The molecule has 0 aromatic carbocycles. The first-order chi connectivity index (χ1) is 9.43. The van der Waals surface area contributed by atoms with E-state index in [1.807, 2.05) is 0 Å². The van der Waals surface area contributed by atoms with Crippen molar-refractivity contribution in [1.82, 2.24) is 15.1 Å². The predicted octanol–water partition coefficient (Wildman–Crippen LogP) is 4.00. The molecule has 20 heavy (non-hydrogen) atoms. The minimum Gasteiger partial charge on any atom is -0.307 e. The van der Waals surface area contributed by atoms with Gasteiger partial charge in [0.15, 0.2) is 0 Å². The van der Waals surface area contributed by atoms with Crippen molar-refractivity contribution < 1.29 is 0 Å². The number of nitrogens with one attached hydrogen (secondary N) is 1. The van der Waals surface area contributed by atoms with Crippen molar-refractivity contribution in [2.75, 3.05) is 0 Å². The Morgan fingerprint density at radius 3 is 2.55 bits per heavy atom. The molecule has 0 spiro atoms. The first-order valence-electron chi connectivity index (χ1n) is 8.23. The van der Waals surface area contributed by atoms with Crippen molar-refractivity contribution in [2.45, 2.75) is 79.4 Å². The summed E-state index contributed by atoms with van der Waals surface area (Å²) < 4.78 is 2.12. The zero-order chi connectivity index (χ0) is 14.9. The second-order valence-electron chi connectivity index (χ2n) is 6.79. The van der Waals surface area contributed by atoms with Crippen molar-refractivity contribution in [3.8, 4) is 0 Å². The molecule has 1 aromatic heterocycles. The van der Waals surface area contributed by atoms with Crippen LogP contribution in [0.3, 0.4) is 0 Å². The van der Waals surface area contributed by atoms with E-state index in [9.17, 15) is 0 Å². The average molecular weight is 277 g/mol. The molecular weight excluding hydrogens is 246 g/mol. The number of nitrogens with zero attached hydrogens (tertiary/aromatic N) is 2. The summed E-state index contributed by atoms with van der Waals surface area (Å²) in [6.07, 6.45) is 4.03. The van der Waals surface area contributed by atoms with E-state index in [0.29, 0.717) is 12.1 Å². The molecule has 1 heterocycles. The Kier molecular flexibility index (Phi) is 4.90. The van der Waals surface area contributed by atoms with E-state index in [4.69, 9.17) is 0 Å². The summed E-state index contributed by atoms with van der Waals surface area (Å²) in [6, 6.07) is 1.06. The molecule has 1 N–H and O–H groups in total. The third kappa shape index (κ3) is 3.08. The highest BCUT2D eigenvalue weighted by Crippen LogP contribution is 2.31. The molecule has 0 radical (unpaired) electrons. The summed E-state index contributed by atoms with van der Waals surface area (Å²) in [5, 5.41) is 8.52. The molecule has 2 rings (SSSR count). The summed E-state index contributed by atoms with van der Waals surface area (Å²) in [6.45, 7) is 14.5. The minimum absolute atomic E-state index is 0.399. The molecule has 1 aliphatic rings. The van der Waals surface area contributed by atoms with Crippen LogP contribution >= 0.6 is 0 Å². The number of hydrogen-bond acceptors (Lipinski definition) is 2. The van der Waals surface area contributed by atoms with Crippen molar-refractivity contribution in [2.24, 2.45) is 11.8 Å². The Morgan fingerprint density at radius 2 is 2.00 bits per heavy atom. The SMILES string of the molecule is CCn1nc(C)c(C(C)NC2CCC(C)CC2C)c1C. The van der Waals surface area contributed by atoms with Gasteiger partial charge in [0.25, 0.3) is 0 Å². The highest BCUT2D eigenvalue weighted by Gasteiger charge is 2.27. The largest absolute Gasteiger partial charge is 0.307 e. The van der Waals surface area contributed by atoms with Gasteiger partial charge in [-0.3, -0.25) is 4.68 Å². The Hall–Kier alpha value is -0.830. The Balaban J connectivity index is 2.08. The summed E-state index contributed by atoms with van der Waals surface area (Å²) in [4.78, 5) is 0. The number of rotatable bonds is 4. The van der Waals surface area contributed by atoms with Crippen LogP contribution in [0, 0.1) is 25.7 Å². The second kappa shape index (κ2) is 6.30. The summed E-state index contributed by atoms with van der Waals surface area (Å²) in [5.41, 5.74) is 3.90. The van der Waals surface area contributed by atoms with E-state index in [1.54, 1.807) is 0 Å². The van der Waals surface area contributed by atoms with Gasteiger partial charge in [-0.15, -0.1) is 0 Å². The molecule has 4 atom stereocenters. The summed E-state index contributed by atoms with van der Waals surface area (Å²) in [7, 11) is 0. The van der Waals surface area contributed by atoms with Crippen LogP contribution in [-0.2, 0) is 6.54 Å². The molecule has 1 saturated carbocycles. The van der Waals surface area contributed by atoms with Gasteiger partial charge in [-0.2, -0.15) is 5.10 Å². The average Bonchev–Trinajstić information content (AvgIpc) is 2.67. The topological polar surface area (TPSA) is 29.9 Å². The normalized spacial score (nSPS) is 28.6. The van der Waals surface area contributed by atoms with Gasteiger partial charge in [-0.05, 0) is 58.8 Å². The lowest BCUT2D eigenvalue weighted by Gasteiger charge is -2.35. The minimum atomic E-state index is 0.399. The van der Waals surface area contributed by atoms with E-state index in [0.717, 1.165) is 18.4 Å². The lowest BCUT2D eigenvalue weighted by Crippen LogP contribution is -2.40. The smallest absolute Gasteiger partial charge is 0.0644 e. The van der Waals surface area contributed by atoms with Gasteiger partial charge in [0, 0.05) is 29.9 Å². The first-order valence-corrected chi connectivity index (χ1v) is 8.23. The van der Waals surface area contributed by atoms with Gasteiger partial charge < -0.3 is 5.32 Å². The van der Waals surface area contributed by atoms with E-state index >= 15 is 0 Å². The van der Waals surface area contributed by atoms with Gasteiger partial charge in [-0.1, -0.05) is 13.8 Å². The summed E-state index contributed by atoms with van der Waals surface area (Å²) in [5.74, 6) is 1.67. The van der Waals surface area contributed by atoms with Crippen LogP contribution in [-0.4, -0.2) is 15.8 Å². The monoisotopic (exact) mass is 277 g/mol. The predicted molar refractivity (Wildman–Crippen MR) is 84.9 cm³/mol. The number of hydrogen-bond donors (Lipinski definition) is 1. The molecular formula is C17H31N3. The fraction of sp³-hybridized carbons (Fsp3) is 0.824. The highest BCUT2D eigenvalue weighted by atomic mass is 15.3. The van der Waals surface area contributed by atoms with Crippen molar-refractivity contribution >= 4 is 0 Å². The van der Waals surface area contributed by atoms with Crippen LogP contribution in [0.1, 0.15) is 70.0 Å². The van der Waals surface area contributed by atoms with E-state index < -0.39 is 0 Å². The van der Waals surface area contributed by atoms with Gasteiger partial charge >= 0.3 is 0 Å². The molecule has 1 fully saturated rings. The third-order valence-electron chi connectivity index (χ3n) is 5.07. The number of aromatic nitrogens is 2. The van der Waals surface area contributed by atoms with Crippen LogP contribution in [0.25, 0.3) is 0 Å². The van der Waals surface area contributed by atoms with Crippen molar-refractivity contribution in [3.63, 3.8) is 0 Å². The Bertz CT molecular complexity index is 449. The Morgan fingerprint density at radius 1 is 1.30 bits per heavy atom. The molecule has 3 heteroatoms. The van der Waals surface area contributed by atoms with Crippen LogP contribution in [0.5, 0.6) is 0 Å². The number of aryl methyl sites for hydroxylation is 2. The van der Waals surface area contributed by atoms with Gasteiger partial charge in [0.05, 0.1) is 5.69 Å². The molecule has 1 aliphatic carbocycles. The maximum atomic E-state index is 4.65. The molecule has 0 aliphatic heterocycles. The van der Waals surface area contributed by atoms with Gasteiger partial charge in [0.1, 0.15) is 0 Å². The second-order valence-corrected chi connectivity index (χ2v) is 6.79. The zero-order valence-corrected chi connectivity index (χ0v) is 14.0. The summed E-state index contributed by atoms with van der Waals surface area (Å²) >= 11 is 0. The molecule has 1 aromatic rings. The fourth-order valence-electron chi connectivity index (χ4n) is 3.96. The van der Waals surface area contributed by atoms with Crippen molar-refractivity contribution in [3.05, 3.63) is 17.0 Å². The Labute approximate surface area is 124 Å². The maximum Gasteiger partial charge on any atom is 0.0644 e. The highest BCUT2D eigenvalue weighted by molar-refractivity contribution is 5.28. The van der Waals surface area contributed by atoms with Crippen LogP contribution < -0.4 is 5.32 Å². The van der Waals surface area contributed by atoms with Crippen LogP contribution in [0.4, 0.5) is 0 Å². The van der Waals surface area contributed by atoms with E-state index in [2.05, 4.69) is 56.6 Å². The molecule has 0 bridgehead atoms. The lowest BCUT2D eigenvalue weighted by molar-refractivity contribution is 0.216. The molecule has 4 unspecified atom stereocenters. The fourth-order valence-corrected chi connectivity index (χ4v) is 3.96. The molecule has 0 amide bonds. The van der Waals surface area contributed by atoms with Gasteiger partial charge in [0.2, 0.25) is 0 Å². The maximum absolute atomic E-state index is 4.65. The van der Waals surface area contributed by atoms with Gasteiger partial charge in [-0.25, -0.2) is 0 Å². The zero-order valence-electron chi connectivity index (χ0n) is 14.0.